The van der Waals surface area contributed by atoms with E-state index in [1.807, 2.05) is 49.9 Å². The van der Waals surface area contributed by atoms with Crippen molar-refractivity contribution in [3.63, 3.8) is 0 Å². The van der Waals surface area contributed by atoms with Crippen LogP contribution in [0, 0.1) is 0 Å². The maximum absolute atomic E-state index is 13.2. The van der Waals surface area contributed by atoms with Crippen LogP contribution in [0.15, 0.2) is 66.2 Å². The largest absolute Gasteiger partial charge is 0.465 e. The molecule has 4 aromatic rings. The highest BCUT2D eigenvalue weighted by molar-refractivity contribution is 7.16. The van der Waals surface area contributed by atoms with Gasteiger partial charge in [-0.25, -0.2) is 9.78 Å². The summed E-state index contributed by atoms with van der Waals surface area (Å²) in [5.41, 5.74) is 8.53. The number of ether oxygens (including phenoxy) is 1. The molecule has 3 aromatic carbocycles. The minimum atomic E-state index is -0.453. The van der Waals surface area contributed by atoms with Crippen LogP contribution in [0.25, 0.3) is 21.5 Å². The third kappa shape index (κ3) is 4.53. The molecule has 0 unspecified atom stereocenters. The van der Waals surface area contributed by atoms with Gasteiger partial charge in [-0.15, -0.1) is 11.3 Å². The molecule has 0 saturated carbocycles. The average Bonchev–Trinajstić information content (AvgIpc) is 3.45. The normalized spacial score (nSPS) is 14.1. The molecule has 1 amide bonds. The van der Waals surface area contributed by atoms with Gasteiger partial charge in [0.1, 0.15) is 0 Å². The van der Waals surface area contributed by atoms with Crippen LogP contribution < -0.4 is 10.6 Å². The summed E-state index contributed by atoms with van der Waals surface area (Å²) in [5.74, 6) is -0.690. The van der Waals surface area contributed by atoms with Crippen LogP contribution in [-0.4, -0.2) is 43.0 Å². The van der Waals surface area contributed by atoms with Crippen molar-refractivity contribution in [1.29, 1.82) is 0 Å². The molecule has 1 aromatic heterocycles. The lowest BCUT2D eigenvalue weighted by atomic mass is 9.98. The van der Waals surface area contributed by atoms with E-state index in [9.17, 15) is 9.59 Å². The highest BCUT2D eigenvalue weighted by Crippen LogP contribution is 2.39. The van der Waals surface area contributed by atoms with E-state index in [2.05, 4.69) is 32.7 Å². The molecule has 0 atom stereocenters. The van der Waals surface area contributed by atoms with Gasteiger partial charge < -0.3 is 20.3 Å². The zero-order valence-corrected chi connectivity index (χ0v) is 20.4. The predicted octanol–water partition coefficient (Wildman–Crippen LogP) is 5.08. The number of nitrogens with zero attached hydrogens (tertiary/aromatic N) is 2. The van der Waals surface area contributed by atoms with E-state index in [0.29, 0.717) is 22.5 Å². The number of hydrogen-bond acceptors (Lipinski definition) is 7. The van der Waals surface area contributed by atoms with E-state index in [1.54, 1.807) is 29.5 Å². The number of anilines is 2. The number of carbonyl (C=O) groups is 2. The lowest BCUT2D eigenvalue weighted by Crippen LogP contribution is -2.11. The van der Waals surface area contributed by atoms with Gasteiger partial charge in [-0.05, 0) is 56.1 Å². The molecule has 2 N–H and O–H groups in total. The minimum absolute atomic E-state index is 0.238. The summed E-state index contributed by atoms with van der Waals surface area (Å²) in [6.45, 7) is 0.842. The molecule has 0 spiro atoms. The molecule has 5 rings (SSSR count). The van der Waals surface area contributed by atoms with Crippen molar-refractivity contribution in [3.05, 3.63) is 88.4 Å². The van der Waals surface area contributed by atoms with Gasteiger partial charge in [-0.3, -0.25) is 4.79 Å². The number of benzene rings is 3. The van der Waals surface area contributed by atoms with Crippen LogP contribution in [-0.2, 0) is 16.1 Å². The number of aromatic nitrogens is 1. The van der Waals surface area contributed by atoms with E-state index in [4.69, 9.17) is 4.74 Å². The minimum Gasteiger partial charge on any atom is -0.465 e. The standard InChI is InChI=1S/C27H24N4O3S/c1-31(2)14-16-4-8-19(9-5-16)29-25(17-7-11-21-23(13-17)35-15-28-21)24-20-10-6-18(27(33)34-3)12-22(20)30-26(24)32/h4-13,15,29H,14H2,1-3H3,(H,30,32)/b25-24-. The summed E-state index contributed by atoms with van der Waals surface area (Å²) in [7, 11) is 5.40. The number of thiazole rings is 1. The maximum atomic E-state index is 13.2. The highest BCUT2D eigenvalue weighted by Gasteiger charge is 2.29. The predicted molar refractivity (Wildman–Crippen MR) is 140 cm³/mol. The lowest BCUT2D eigenvalue weighted by molar-refractivity contribution is -0.110. The Morgan fingerprint density at radius 1 is 1.06 bits per heavy atom. The quantitative estimate of drug-likeness (QED) is 0.293. The fourth-order valence-corrected chi connectivity index (χ4v) is 4.87. The SMILES string of the molecule is COC(=O)c1ccc2c(c1)NC(=O)/C2=C(\Nc1ccc(CN(C)C)cc1)c1ccc2ncsc2c1. The van der Waals surface area contributed by atoms with Crippen LogP contribution in [0.1, 0.15) is 27.0 Å². The fourth-order valence-electron chi connectivity index (χ4n) is 4.16. The Labute approximate surface area is 207 Å². The number of methoxy groups -OCH3 is 1. The molecule has 176 valence electrons. The van der Waals surface area contributed by atoms with E-state index in [0.717, 1.165) is 33.6 Å². The molecule has 8 heteroatoms. The van der Waals surface area contributed by atoms with Crippen LogP contribution in [0.3, 0.4) is 0 Å². The fraction of sp³-hybridized carbons (Fsp3) is 0.148. The molecule has 1 aliphatic rings. The van der Waals surface area contributed by atoms with E-state index in [-0.39, 0.29) is 5.91 Å². The molecule has 0 fully saturated rings. The average molecular weight is 485 g/mol. The second kappa shape index (κ2) is 9.32. The number of esters is 1. The van der Waals surface area contributed by atoms with Crippen molar-refractivity contribution < 1.29 is 14.3 Å². The van der Waals surface area contributed by atoms with Gasteiger partial charge >= 0.3 is 5.97 Å². The van der Waals surface area contributed by atoms with Gasteiger partial charge in [-0.1, -0.05) is 24.3 Å². The number of hydrogen-bond donors (Lipinski definition) is 2. The summed E-state index contributed by atoms with van der Waals surface area (Å²) < 4.78 is 5.86. The van der Waals surface area contributed by atoms with Gasteiger partial charge in [-0.2, -0.15) is 0 Å². The third-order valence-corrected chi connectivity index (χ3v) is 6.57. The first-order valence-electron chi connectivity index (χ1n) is 11.1. The van der Waals surface area contributed by atoms with Crippen molar-refractivity contribution >= 4 is 56.1 Å². The Hall–Kier alpha value is -4.01. The number of amides is 1. The summed E-state index contributed by atoms with van der Waals surface area (Å²) in [5, 5.41) is 6.40. The molecule has 0 saturated heterocycles. The molecule has 2 heterocycles. The topological polar surface area (TPSA) is 83.6 Å². The first kappa shape index (κ1) is 22.8. The molecule has 0 radical (unpaired) electrons. The molecule has 0 bridgehead atoms. The van der Waals surface area contributed by atoms with Crippen molar-refractivity contribution in [2.45, 2.75) is 6.54 Å². The Morgan fingerprint density at radius 2 is 1.83 bits per heavy atom. The zero-order valence-electron chi connectivity index (χ0n) is 19.6. The second-order valence-corrected chi connectivity index (χ2v) is 9.44. The number of nitrogens with one attached hydrogen (secondary N) is 2. The molecular formula is C27H24N4O3S. The van der Waals surface area contributed by atoms with Gasteiger partial charge in [0.25, 0.3) is 5.91 Å². The lowest BCUT2D eigenvalue weighted by Gasteiger charge is -2.16. The number of fused-ring (bicyclic) bond motifs is 2. The van der Waals surface area contributed by atoms with Gasteiger partial charge in [0.15, 0.2) is 0 Å². The summed E-state index contributed by atoms with van der Waals surface area (Å²) in [4.78, 5) is 31.7. The smallest absolute Gasteiger partial charge is 0.337 e. The molecule has 0 aliphatic carbocycles. The molecule has 1 aliphatic heterocycles. The van der Waals surface area contributed by atoms with E-state index >= 15 is 0 Å². The Balaban J connectivity index is 1.62. The van der Waals surface area contributed by atoms with E-state index in [1.165, 1.54) is 12.7 Å². The van der Waals surface area contributed by atoms with Crippen LogP contribution in [0.2, 0.25) is 0 Å². The third-order valence-electron chi connectivity index (χ3n) is 5.78. The van der Waals surface area contributed by atoms with Crippen molar-refractivity contribution in [3.8, 4) is 0 Å². The summed E-state index contributed by atoms with van der Waals surface area (Å²) in [6, 6.07) is 19.2. The number of carbonyl (C=O) groups excluding carboxylic acids is 2. The first-order valence-corrected chi connectivity index (χ1v) is 11.9. The number of rotatable bonds is 6. The Kier molecular flexibility index (Phi) is 6.07. The van der Waals surface area contributed by atoms with Crippen molar-refractivity contribution in [1.82, 2.24) is 9.88 Å². The van der Waals surface area contributed by atoms with Crippen LogP contribution >= 0.6 is 11.3 Å². The first-order chi connectivity index (χ1) is 16.9. The Bertz CT molecular complexity index is 1470. The maximum Gasteiger partial charge on any atom is 0.337 e. The summed E-state index contributed by atoms with van der Waals surface area (Å²) >= 11 is 1.55. The molecule has 35 heavy (non-hydrogen) atoms. The van der Waals surface area contributed by atoms with Crippen LogP contribution in [0.5, 0.6) is 0 Å². The highest BCUT2D eigenvalue weighted by atomic mass is 32.1. The Morgan fingerprint density at radius 3 is 2.57 bits per heavy atom. The monoisotopic (exact) mass is 484 g/mol. The zero-order chi connectivity index (χ0) is 24.5. The second-order valence-electron chi connectivity index (χ2n) is 8.55. The van der Waals surface area contributed by atoms with Crippen molar-refractivity contribution in [2.75, 3.05) is 31.8 Å². The van der Waals surface area contributed by atoms with E-state index < -0.39 is 5.97 Å². The van der Waals surface area contributed by atoms with Gasteiger partial charge in [0.2, 0.25) is 0 Å². The summed E-state index contributed by atoms with van der Waals surface area (Å²) in [6.07, 6.45) is 0. The van der Waals surface area contributed by atoms with Crippen LogP contribution in [0.4, 0.5) is 11.4 Å². The van der Waals surface area contributed by atoms with Gasteiger partial charge in [0.05, 0.1) is 45.4 Å². The van der Waals surface area contributed by atoms with Crippen molar-refractivity contribution in [2.24, 2.45) is 0 Å². The van der Waals surface area contributed by atoms with Gasteiger partial charge in [0, 0.05) is 23.4 Å². The molecular weight excluding hydrogens is 460 g/mol. The molecule has 7 nitrogen and oxygen atoms in total.